The summed E-state index contributed by atoms with van der Waals surface area (Å²) in [7, 11) is 0. The Bertz CT molecular complexity index is 96.0. The van der Waals surface area contributed by atoms with Crippen molar-refractivity contribution in [2.24, 2.45) is 0 Å². The van der Waals surface area contributed by atoms with Gasteiger partial charge in [0.05, 0.1) is 0 Å². The molecule has 0 aromatic rings. The molecule has 0 radical (unpaired) electrons. The average molecular weight is 231 g/mol. The molecular formula is C8H17Al2O4+3. The van der Waals surface area contributed by atoms with Crippen LogP contribution in [0.1, 0.15) is 34.6 Å². The van der Waals surface area contributed by atoms with Crippen molar-refractivity contribution >= 4 is 40.0 Å². The van der Waals surface area contributed by atoms with E-state index in [2.05, 4.69) is 3.79 Å². The van der Waals surface area contributed by atoms with Crippen LogP contribution in [-0.2, 0) is 8.58 Å². The molecule has 6 heteroatoms. The van der Waals surface area contributed by atoms with Gasteiger partial charge in [0, 0.05) is 0 Å². The molecule has 0 aliphatic carbocycles. The zero-order chi connectivity index (χ0) is 11.4. The standard InChI is InChI=1S/2C3H7O.C2H4O2.2Al/c2*1-3(2)4;1-2(3)4;;/h2*3H,1-2H3;1H3,(H,3,4);;/q2*-1;;2*+3/p-1. The summed E-state index contributed by atoms with van der Waals surface area (Å²) in [5.41, 5.74) is 0. The summed E-state index contributed by atoms with van der Waals surface area (Å²) in [5.74, 6) is -0.282. The van der Waals surface area contributed by atoms with Crippen LogP contribution in [-0.4, -0.2) is 52.2 Å². The average Bonchev–Trinajstić information content (AvgIpc) is 1.84. The van der Waals surface area contributed by atoms with Gasteiger partial charge in [0.25, 0.3) is 0 Å². The van der Waals surface area contributed by atoms with Crippen molar-refractivity contribution < 1.29 is 18.8 Å². The first-order valence-corrected chi connectivity index (χ1v) is 4.40. The Balaban J connectivity index is -0.0000000522. The van der Waals surface area contributed by atoms with Crippen LogP contribution in [0.5, 0.6) is 0 Å². The van der Waals surface area contributed by atoms with Crippen molar-refractivity contribution in [2.45, 2.75) is 46.8 Å². The van der Waals surface area contributed by atoms with Crippen LogP contribution in [0.25, 0.3) is 0 Å². The van der Waals surface area contributed by atoms with Gasteiger partial charge in [-0.25, -0.2) is 0 Å². The first-order chi connectivity index (χ1) is 5.73. The maximum absolute atomic E-state index is 9.57. The van der Waals surface area contributed by atoms with E-state index in [-0.39, 0.29) is 23.3 Å². The van der Waals surface area contributed by atoms with Crippen LogP contribution >= 0.6 is 0 Å². The third-order valence-electron chi connectivity index (χ3n) is 0.166. The fourth-order valence-electron chi connectivity index (χ4n) is 0. The molecule has 14 heavy (non-hydrogen) atoms. The van der Waals surface area contributed by atoms with Gasteiger partial charge < -0.3 is 10.2 Å². The second-order valence-electron chi connectivity index (χ2n) is 2.71. The van der Waals surface area contributed by atoms with Crippen LogP contribution in [0.15, 0.2) is 0 Å². The van der Waals surface area contributed by atoms with Gasteiger partial charge in [-0.1, -0.05) is 27.7 Å². The predicted molar refractivity (Wildman–Crippen MR) is 53.5 cm³/mol. The van der Waals surface area contributed by atoms with Crippen LogP contribution < -0.4 is 10.2 Å². The molecule has 0 saturated heterocycles. The number of carbonyl (C=O) groups excluding carboxylic acids is 1. The molecule has 0 atom stereocenters. The van der Waals surface area contributed by atoms with Crippen molar-refractivity contribution in [3.05, 3.63) is 0 Å². The molecule has 0 spiro atoms. The molecule has 0 aromatic carbocycles. The van der Waals surface area contributed by atoms with Crippen LogP contribution in [0.2, 0.25) is 0 Å². The number of carbonyl (C=O) groups is 1. The largest absolute Gasteiger partial charge is 3.00 e. The topological polar surface area (TPSA) is 72.4 Å². The maximum Gasteiger partial charge on any atom is 3.00 e. The fraction of sp³-hybridized carbons (Fsp3) is 0.875. The molecule has 0 aromatic heterocycles. The second kappa shape index (κ2) is 19.1. The van der Waals surface area contributed by atoms with E-state index in [1.54, 1.807) is 27.7 Å². The van der Waals surface area contributed by atoms with E-state index in [9.17, 15) is 15.0 Å². The molecule has 0 aliphatic heterocycles. The van der Waals surface area contributed by atoms with Gasteiger partial charge in [-0.2, -0.15) is 0 Å². The number of rotatable bonds is 0. The molecule has 0 amide bonds. The molecule has 0 aliphatic rings. The zero-order valence-electron chi connectivity index (χ0n) is 9.44. The summed E-state index contributed by atoms with van der Waals surface area (Å²) < 4.78 is 4.03. The molecular weight excluding hydrogens is 214 g/mol. The Morgan fingerprint density at radius 1 is 1.14 bits per heavy atom. The maximum atomic E-state index is 9.57. The first-order valence-electron chi connectivity index (χ1n) is 3.92. The second-order valence-corrected chi connectivity index (χ2v) is 2.94. The van der Waals surface area contributed by atoms with E-state index in [1.807, 2.05) is 16.6 Å². The Morgan fingerprint density at radius 3 is 1.21 bits per heavy atom. The van der Waals surface area contributed by atoms with E-state index in [0.29, 0.717) is 0 Å². The quantitative estimate of drug-likeness (QED) is 0.489. The minimum Gasteiger partial charge on any atom is -0.852 e. The van der Waals surface area contributed by atoms with Crippen LogP contribution in [0, 0.1) is 0 Å². The Labute approximate surface area is 106 Å². The van der Waals surface area contributed by atoms with Crippen molar-refractivity contribution in [1.29, 1.82) is 0 Å². The molecule has 4 nitrogen and oxygen atoms in total. The monoisotopic (exact) mass is 231 g/mol. The summed E-state index contributed by atoms with van der Waals surface area (Å²) in [5, 5.41) is 19.1. The Hall–Kier alpha value is 0.455. The van der Waals surface area contributed by atoms with Crippen molar-refractivity contribution in [3.63, 3.8) is 0 Å². The first kappa shape index (κ1) is 23.9. The molecule has 0 fully saturated rings. The fourth-order valence-corrected chi connectivity index (χ4v) is 0. The van der Waals surface area contributed by atoms with Gasteiger partial charge in [-0.15, -0.1) is 12.2 Å². The van der Waals surface area contributed by atoms with Gasteiger partial charge in [0.1, 0.15) is 0 Å². The summed E-state index contributed by atoms with van der Waals surface area (Å²) in [4.78, 5) is 9.57. The van der Waals surface area contributed by atoms with Crippen molar-refractivity contribution in [2.75, 3.05) is 0 Å². The van der Waals surface area contributed by atoms with E-state index in [1.165, 1.54) is 6.92 Å². The SMILES string of the molecule is CC(=O)[O][Al+2].CC(C)[O-].CC(C)[O-].[Al+3]. The van der Waals surface area contributed by atoms with E-state index < -0.39 is 12.2 Å². The Morgan fingerprint density at radius 2 is 1.21 bits per heavy atom. The van der Waals surface area contributed by atoms with Gasteiger partial charge in [-0.05, 0) is 0 Å². The third kappa shape index (κ3) is 271. The van der Waals surface area contributed by atoms with Gasteiger partial charge >= 0.3 is 55.5 Å². The normalized spacial score (nSPS) is 7.64. The Kier molecular flexibility index (Phi) is 32.7. The smallest absolute Gasteiger partial charge is 0.852 e. The molecule has 76 valence electrons. The molecule has 0 saturated carbocycles. The van der Waals surface area contributed by atoms with Gasteiger partial charge in [0.15, 0.2) is 0 Å². The number of hydrogen-bond donors (Lipinski definition) is 0. The van der Waals surface area contributed by atoms with Crippen molar-refractivity contribution in [1.82, 2.24) is 0 Å². The minimum absolute atomic E-state index is 0. The summed E-state index contributed by atoms with van der Waals surface area (Å²) in [6.45, 7) is 7.78. The third-order valence-corrected chi connectivity index (χ3v) is 0.498. The molecule has 0 unspecified atom stereocenters. The number of hydrogen-bond acceptors (Lipinski definition) is 4. The van der Waals surface area contributed by atoms with Crippen LogP contribution in [0.4, 0.5) is 0 Å². The van der Waals surface area contributed by atoms with Crippen LogP contribution in [0.3, 0.4) is 0 Å². The molecule has 0 heterocycles. The zero-order valence-corrected chi connectivity index (χ0v) is 11.8. The van der Waals surface area contributed by atoms with Crippen molar-refractivity contribution in [3.8, 4) is 0 Å². The summed E-state index contributed by atoms with van der Waals surface area (Å²) in [6.07, 6.45) is -0.833. The van der Waals surface area contributed by atoms with E-state index in [0.717, 1.165) is 0 Å². The molecule has 0 rings (SSSR count). The van der Waals surface area contributed by atoms with Gasteiger partial charge in [0.2, 0.25) is 0 Å². The summed E-state index contributed by atoms with van der Waals surface area (Å²) in [6, 6.07) is 0. The minimum atomic E-state index is -0.417. The summed E-state index contributed by atoms with van der Waals surface area (Å²) >= 11 is 1.84. The van der Waals surface area contributed by atoms with E-state index in [4.69, 9.17) is 0 Å². The predicted octanol–water partition coefficient (Wildman–Crippen LogP) is -1.24. The van der Waals surface area contributed by atoms with E-state index >= 15 is 0 Å². The molecule has 0 bridgehead atoms. The van der Waals surface area contributed by atoms with Gasteiger partial charge in [-0.3, -0.25) is 0 Å². The molecule has 0 N–H and O–H groups in total.